The number of benzene rings is 2. The highest BCUT2D eigenvalue weighted by Gasteiger charge is 2.16. The predicted octanol–water partition coefficient (Wildman–Crippen LogP) is 2.83. The number of rotatable bonds is 8. The zero-order valence-electron chi connectivity index (χ0n) is 16.1. The van der Waals surface area contributed by atoms with Crippen molar-refractivity contribution in [1.29, 1.82) is 0 Å². The van der Waals surface area contributed by atoms with Crippen molar-refractivity contribution in [3.8, 4) is 0 Å². The van der Waals surface area contributed by atoms with Gasteiger partial charge in [0.2, 0.25) is 10.0 Å². The minimum absolute atomic E-state index is 0.00208. The average Bonchev–Trinajstić information content (AvgIpc) is 2.69. The summed E-state index contributed by atoms with van der Waals surface area (Å²) in [5, 5.41) is 2.77. The van der Waals surface area contributed by atoms with Crippen LogP contribution in [0.1, 0.15) is 29.8 Å². The van der Waals surface area contributed by atoms with Gasteiger partial charge in [0.25, 0.3) is 5.91 Å². The molecule has 0 saturated heterocycles. The molecule has 0 radical (unpaired) electrons. The third kappa shape index (κ3) is 5.56. The van der Waals surface area contributed by atoms with Gasteiger partial charge >= 0.3 is 5.97 Å². The smallest absolute Gasteiger partial charge is 0.310 e. The summed E-state index contributed by atoms with van der Waals surface area (Å²) in [6, 6.07) is 13.2. The molecule has 0 unspecified atom stereocenters. The molecular weight excluding hydrogens is 380 g/mol. The van der Waals surface area contributed by atoms with E-state index in [9.17, 15) is 18.0 Å². The topological polar surface area (TPSA) is 92.8 Å². The van der Waals surface area contributed by atoms with E-state index in [1.807, 2.05) is 0 Å². The van der Waals surface area contributed by atoms with Crippen LogP contribution >= 0.6 is 0 Å². The maximum atomic E-state index is 12.4. The summed E-state index contributed by atoms with van der Waals surface area (Å²) < 4.78 is 29.9. The van der Waals surface area contributed by atoms with E-state index < -0.39 is 10.0 Å². The van der Waals surface area contributed by atoms with Gasteiger partial charge in [-0.15, -0.1) is 0 Å². The van der Waals surface area contributed by atoms with Crippen molar-refractivity contribution in [2.75, 3.05) is 29.0 Å². The number of carbonyl (C=O) groups excluding carboxylic acids is 2. The summed E-state index contributed by atoms with van der Waals surface area (Å²) in [6.07, 6.45) is 0.178. The second-order valence-corrected chi connectivity index (χ2v) is 8.34. The molecule has 0 aliphatic heterocycles. The minimum atomic E-state index is -3.35. The molecule has 2 aromatic carbocycles. The van der Waals surface area contributed by atoms with Gasteiger partial charge in [0, 0.05) is 18.3 Å². The third-order valence-corrected chi connectivity index (χ3v) is 5.92. The molecule has 0 aromatic heterocycles. The van der Waals surface area contributed by atoms with Crippen LogP contribution in [0.2, 0.25) is 0 Å². The zero-order valence-corrected chi connectivity index (χ0v) is 17.0. The summed E-state index contributed by atoms with van der Waals surface area (Å²) in [7, 11) is -1.87. The van der Waals surface area contributed by atoms with Gasteiger partial charge in [-0.3, -0.25) is 13.9 Å². The van der Waals surface area contributed by atoms with E-state index in [2.05, 4.69) is 5.32 Å². The summed E-state index contributed by atoms with van der Waals surface area (Å²) in [6.45, 7) is 3.67. The average molecular weight is 404 g/mol. The maximum Gasteiger partial charge on any atom is 0.310 e. The Labute approximate surface area is 165 Å². The van der Waals surface area contributed by atoms with Crippen LogP contribution in [0.3, 0.4) is 0 Å². The highest BCUT2D eigenvalue weighted by molar-refractivity contribution is 7.92. The molecule has 150 valence electrons. The zero-order chi connectivity index (χ0) is 20.7. The monoisotopic (exact) mass is 404 g/mol. The van der Waals surface area contributed by atoms with Crippen LogP contribution in [-0.4, -0.2) is 39.7 Å². The number of sulfonamides is 1. The normalized spacial score (nSPS) is 11.0. The Kier molecular flexibility index (Phi) is 7.17. The second-order valence-electron chi connectivity index (χ2n) is 6.05. The van der Waals surface area contributed by atoms with E-state index in [-0.39, 0.29) is 24.1 Å². The standard InChI is InChI=1S/C20H24N2O5S/c1-4-27-19(23)14-15-6-10-17(11-7-15)21-20(24)16-8-12-18(13-9-16)22(3)28(25,26)5-2/h6-13H,4-5,14H2,1-3H3,(H,21,24). The Hall–Kier alpha value is -2.87. The molecule has 8 heteroatoms. The van der Waals surface area contributed by atoms with Crippen LogP contribution < -0.4 is 9.62 Å². The largest absolute Gasteiger partial charge is 0.466 e. The van der Waals surface area contributed by atoms with E-state index in [1.165, 1.54) is 11.4 Å². The molecule has 0 atom stereocenters. The fourth-order valence-electron chi connectivity index (χ4n) is 2.46. The van der Waals surface area contributed by atoms with Crippen LogP contribution in [-0.2, 0) is 26.0 Å². The minimum Gasteiger partial charge on any atom is -0.466 e. The Morgan fingerprint density at radius 3 is 2.14 bits per heavy atom. The van der Waals surface area contributed by atoms with Crippen molar-refractivity contribution in [3.63, 3.8) is 0 Å². The Morgan fingerprint density at radius 2 is 1.61 bits per heavy atom. The lowest BCUT2D eigenvalue weighted by molar-refractivity contribution is -0.142. The molecule has 7 nitrogen and oxygen atoms in total. The summed E-state index contributed by atoms with van der Waals surface area (Å²) in [5.41, 5.74) is 2.27. The number of nitrogens with one attached hydrogen (secondary N) is 1. The second kappa shape index (κ2) is 9.36. The van der Waals surface area contributed by atoms with E-state index >= 15 is 0 Å². The summed E-state index contributed by atoms with van der Waals surface area (Å²) in [4.78, 5) is 23.9. The van der Waals surface area contributed by atoms with Crippen molar-refractivity contribution in [1.82, 2.24) is 0 Å². The molecule has 0 spiro atoms. The van der Waals surface area contributed by atoms with Gasteiger partial charge in [0.05, 0.1) is 24.5 Å². The number of nitrogens with zero attached hydrogens (tertiary/aromatic N) is 1. The number of hydrogen-bond donors (Lipinski definition) is 1. The first kappa shape index (κ1) is 21.4. The molecule has 0 aliphatic rings. The third-order valence-electron chi connectivity index (χ3n) is 4.14. The molecule has 0 bridgehead atoms. The fraction of sp³-hybridized carbons (Fsp3) is 0.300. The van der Waals surface area contributed by atoms with Crippen molar-refractivity contribution in [2.24, 2.45) is 0 Å². The lowest BCUT2D eigenvalue weighted by Crippen LogP contribution is -2.28. The molecule has 0 saturated carbocycles. The van der Waals surface area contributed by atoms with Gasteiger partial charge in [-0.25, -0.2) is 8.42 Å². The van der Waals surface area contributed by atoms with Crippen molar-refractivity contribution in [3.05, 3.63) is 59.7 Å². The lowest BCUT2D eigenvalue weighted by atomic mass is 10.1. The molecule has 0 heterocycles. The van der Waals surface area contributed by atoms with Gasteiger partial charge in [-0.1, -0.05) is 12.1 Å². The number of amides is 1. The van der Waals surface area contributed by atoms with Crippen LogP contribution in [0.15, 0.2) is 48.5 Å². The molecule has 1 amide bonds. The molecule has 28 heavy (non-hydrogen) atoms. The number of hydrogen-bond acceptors (Lipinski definition) is 5. The highest BCUT2D eigenvalue weighted by atomic mass is 32.2. The van der Waals surface area contributed by atoms with Crippen molar-refractivity contribution in [2.45, 2.75) is 20.3 Å². The molecule has 2 rings (SSSR count). The van der Waals surface area contributed by atoms with Gasteiger partial charge in [0.15, 0.2) is 0 Å². The molecule has 0 fully saturated rings. The molecular formula is C20H24N2O5S. The van der Waals surface area contributed by atoms with Crippen LogP contribution in [0, 0.1) is 0 Å². The quantitative estimate of drug-likeness (QED) is 0.683. The lowest BCUT2D eigenvalue weighted by Gasteiger charge is -2.18. The van der Waals surface area contributed by atoms with Crippen molar-refractivity contribution < 1.29 is 22.7 Å². The maximum absolute atomic E-state index is 12.4. The number of esters is 1. The number of carbonyl (C=O) groups is 2. The van der Waals surface area contributed by atoms with E-state index in [0.717, 1.165) is 5.56 Å². The van der Waals surface area contributed by atoms with Crippen molar-refractivity contribution >= 4 is 33.3 Å². The Morgan fingerprint density at radius 1 is 1.00 bits per heavy atom. The number of anilines is 2. The highest BCUT2D eigenvalue weighted by Crippen LogP contribution is 2.18. The first-order chi connectivity index (χ1) is 13.3. The SMILES string of the molecule is CCOC(=O)Cc1ccc(NC(=O)c2ccc(N(C)S(=O)(=O)CC)cc2)cc1. The predicted molar refractivity (Wildman–Crippen MR) is 109 cm³/mol. The van der Waals surface area contributed by atoms with Gasteiger partial charge in [-0.2, -0.15) is 0 Å². The van der Waals surface area contributed by atoms with Gasteiger partial charge in [0.1, 0.15) is 0 Å². The first-order valence-electron chi connectivity index (χ1n) is 8.89. The summed E-state index contributed by atoms with van der Waals surface area (Å²) in [5.74, 6) is -0.613. The molecule has 0 aliphatic carbocycles. The molecule has 2 aromatic rings. The number of ether oxygens (including phenoxy) is 1. The Balaban J connectivity index is 2.02. The van der Waals surface area contributed by atoms with E-state index in [4.69, 9.17) is 4.74 Å². The van der Waals surface area contributed by atoms with Crippen LogP contribution in [0.5, 0.6) is 0 Å². The first-order valence-corrected chi connectivity index (χ1v) is 10.5. The van der Waals surface area contributed by atoms with Gasteiger partial charge < -0.3 is 10.1 Å². The van der Waals surface area contributed by atoms with E-state index in [0.29, 0.717) is 23.5 Å². The Bertz CT molecular complexity index is 922. The van der Waals surface area contributed by atoms with Crippen LogP contribution in [0.25, 0.3) is 0 Å². The summed E-state index contributed by atoms with van der Waals surface area (Å²) >= 11 is 0. The van der Waals surface area contributed by atoms with Crippen LogP contribution in [0.4, 0.5) is 11.4 Å². The van der Waals surface area contributed by atoms with Gasteiger partial charge in [-0.05, 0) is 55.8 Å². The van der Waals surface area contributed by atoms with E-state index in [1.54, 1.807) is 62.4 Å². The fourth-order valence-corrected chi connectivity index (χ4v) is 3.30. The molecule has 1 N–H and O–H groups in total.